The van der Waals surface area contributed by atoms with E-state index in [9.17, 15) is 0 Å². The predicted octanol–water partition coefficient (Wildman–Crippen LogP) is 6.51. The van der Waals surface area contributed by atoms with Crippen LogP contribution < -0.4 is 0 Å². The fourth-order valence-corrected chi connectivity index (χ4v) is 4.77. The molecule has 3 aromatic heterocycles. The highest BCUT2D eigenvalue weighted by Gasteiger charge is 2.08. The highest BCUT2D eigenvalue weighted by Crippen LogP contribution is 2.41. The maximum Gasteiger partial charge on any atom is 0.0935 e. The standard InChI is InChI=1S/C12H6Cl2S3/c13-11-5-3-9(16-11)7-1-2-8(15-7)10-4-6-12(14)17-10/h1-6H. The van der Waals surface area contributed by atoms with Crippen LogP contribution in [0.1, 0.15) is 0 Å². The first-order valence-electron chi connectivity index (χ1n) is 4.83. The Morgan fingerprint density at radius 2 is 0.882 bits per heavy atom. The molecule has 0 atom stereocenters. The Labute approximate surface area is 121 Å². The van der Waals surface area contributed by atoms with Crippen LogP contribution in [0.25, 0.3) is 19.5 Å². The van der Waals surface area contributed by atoms with Gasteiger partial charge in [-0.05, 0) is 36.4 Å². The van der Waals surface area contributed by atoms with E-state index in [0.717, 1.165) is 8.67 Å². The molecule has 0 saturated heterocycles. The van der Waals surface area contributed by atoms with Crippen molar-refractivity contribution in [1.29, 1.82) is 0 Å². The zero-order chi connectivity index (χ0) is 11.8. The quantitative estimate of drug-likeness (QED) is 0.505. The number of halogens is 2. The summed E-state index contributed by atoms with van der Waals surface area (Å²) in [5, 5.41) is 0. The lowest BCUT2D eigenvalue weighted by molar-refractivity contribution is 1.91. The Bertz CT molecular complexity index is 593. The third kappa shape index (κ3) is 2.44. The summed E-state index contributed by atoms with van der Waals surface area (Å²) < 4.78 is 1.66. The molecule has 0 aliphatic rings. The Morgan fingerprint density at radius 1 is 0.529 bits per heavy atom. The molecule has 0 unspecified atom stereocenters. The smallest absolute Gasteiger partial charge is 0.0935 e. The summed E-state index contributed by atoms with van der Waals surface area (Å²) in [6, 6.07) is 12.3. The van der Waals surface area contributed by atoms with Crippen LogP contribution in [0.5, 0.6) is 0 Å². The molecule has 0 fully saturated rings. The molecule has 0 radical (unpaired) electrons. The van der Waals surface area contributed by atoms with E-state index in [1.54, 1.807) is 34.0 Å². The average Bonchev–Trinajstić information content (AvgIpc) is 2.96. The van der Waals surface area contributed by atoms with Crippen LogP contribution in [0.2, 0.25) is 8.67 Å². The van der Waals surface area contributed by atoms with Crippen molar-refractivity contribution in [2.45, 2.75) is 0 Å². The molecule has 3 heterocycles. The molecule has 0 spiro atoms. The molecule has 3 rings (SSSR count). The van der Waals surface area contributed by atoms with Gasteiger partial charge in [0.05, 0.1) is 8.67 Å². The van der Waals surface area contributed by atoms with Crippen molar-refractivity contribution in [3.63, 3.8) is 0 Å². The number of rotatable bonds is 2. The SMILES string of the molecule is Clc1ccc(-c2ccc(-c3ccc(Cl)s3)s2)s1. The van der Waals surface area contributed by atoms with Gasteiger partial charge in [0, 0.05) is 19.5 Å². The Morgan fingerprint density at radius 3 is 1.24 bits per heavy atom. The van der Waals surface area contributed by atoms with Crippen molar-refractivity contribution in [3.8, 4) is 19.5 Å². The lowest BCUT2D eigenvalue weighted by atomic mass is 10.3. The van der Waals surface area contributed by atoms with Crippen molar-refractivity contribution in [2.24, 2.45) is 0 Å². The molecular weight excluding hydrogens is 311 g/mol. The summed E-state index contributed by atoms with van der Waals surface area (Å²) >= 11 is 16.9. The van der Waals surface area contributed by atoms with E-state index in [2.05, 4.69) is 24.3 Å². The van der Waals surface area contributed by atoms with Gasteiger partial charge in [0.15, 0.2) is 0 Å². The normalized spacial score (nSPS) is 10.9. The highest BCUT2D eigenvalue weighted by atomic mass is 35.5. The van der Waals surface area contributed by atoms with Crippen LogP contribution in [-0.4, -0.2) is 0 Å². The van der Waals surface area contributed by atoms with Crippen LogP contribution in [0.3, 0.4) is 0 Å². The zero-order valence-corrected chi connectivity index (χ0v) is 12.4. The van der Waals surface area contributed by atoms with Crippen molar-refractivity contribution in [1.82, 2.24) is 0 Å². The largest absolute Gasteiger partial charge is 0.134 e. The van der Waals surface area contributed by atoms with E-state index in [1.807, 2.05) is 12.1 Å². The van der Waals surface area contributed by atoms with Crippen LogP contribution in [0, 0.1) is 0 Å². The first-order chi connectivity index (χ1) is 8.22. The molecular formula is C12H6Cl2S3. The minimum Gasteiger partial charge on any atom is -0.134 e. The highest BCUT2D eigenvalue weighted by molar-refractivity contribution is 7.28. The second kappa shape index (κ2) is 4.75. The summed E-state index contributed by atoms with van der Waals surface area (Å²) in [5.74, 6) is 0. The Balaban J connectivity index is 1.98. The minimum absolute atomic E-state index is 0.828. The van der Waals surface area contributed by atoms with Crippen molar-refractivity contribution < 1.29 is 0 Å². The van der Waals surface area contributed by atoms with E-state index in [0.29, 0.717) is 0 Å². The van der Waals surface area contributed by atoms with Crippen LogP contribution in [0.15, 0.2) is 36.4 Å². The summed E-state index contributed by atoms with van der Waals surface area (Å²) in [5.41, 5.74) is 0. The second-order valence-electron chi connectivity index (χ2n) is 3.37. The predicted molar refractivity (Wildman–Crippen MR) is 81.0 cm³/mol. The third-order valence-corrected chi connectivity index (χ3v) is 6.18. The van der Waals surface area contributed by atoms with Gasteiger partial charge in [-0.15, -0.1) is 34.0 Å². The summed E-state index contributed by atoms with van der Waals surface area (Å²) in [4.78, 5) is 4.94. The Kier molecular flexibility index (Phi) is 3.28. The van der Waals surface area contributed by atoms with Gasteiger partial charge in [0.25, 0.3) is 0 Å². The number of hydrogen-bond acceptors (Lipinski definition) is 3. The van der Waals surface area contributed by atoms with Gasteiger partial charge in [0.2, 0.25) is 0 Å². The molecule has 5 heteroatoms. The van der Waals surface area contributed by atoms with Crippen molar-refractivity contribution in [2.75, 3.05) is 0 Å². The van der Waals surface area contributed by atoms with Gasteiger partial charge in [-0.2, -0.15) is 0 Å². The van der Waals surface area contributed by atoms with Gasteiger partial charge in [-0.25, -0.2) is 0 Å². The lowest BCUT2D eigenvalue weighted by Crippen LogP contribution is -1.57. The molecule has 0 aliphatic heterocycles. The van der Waals surface area contributed by atoms with E-state index < -0.39 is 0 Å². The van der Waals surface area contributed by atoms with E-state index in [4.69, 9.17) is 23.2 Å². The fourth-order valence-electron chi connectivity index (χ4n) is 1.50. The average molecular weight is 317 g/mol. The molecule has 17 heavy (non-hydrogen) atoms. The van der Waals surface area contributed by atoms with Crippen molar-refractivity contribution in [3.05, 3.63) is 45.1 Å². The number of hydrogen-bond donors (Lipinski definition) is 0. The van der Waals surface area contributed by atoms with Gasteiger partial charge in [-0.3, -0.25) is 0 Å². The maximum absolute atomic E-state index is 5.95. The molecule has 3 aromatic rings. The van der Waals surface area contributed by atoms with Gasteiger partial charge < -0.3 is 0 Å². The monoisotopic (exact) mass is 316 g/mol. The minimum atomic E-state index is 0.828. The lowest BCUT2D eigenvalue weighted by Gasteiger charge is -1.90. The first-order valence-corrected chi connectivity index (χ1v) is 8.04. The zero-order valence-electron chi connectivity index (χ0n) is 8.44. The molecule has 0 aromatic carbocycles. The van der Waals surface area contributed by atoms with Crippen LogP contribution >= 0.6 is 57.2 Å². The fraction of sp³-hybridized carbons (Fsp3) is 0. The molecule has 86 valence electrons. The maximum atomic E-state index is 5.95. The second-order valence-corrected chi connectivity index (χ2v) is 7.89. The van der Waals surface area contributed by atoms with Crippen LogP contribution in [0.4, 0.5) is 0 Å². The number of thiophene rings is 3. The molecule has 0 aliphatic carbocycles. The van der Waals surface area contributed by atoms with Gasteiger partial charge >= 0.3 is 0 Å². The van der Waals surface area contributed by atoms with Gasteiger partial charge in [0.1, 0.15) is 0 Å². The molecule has 0 amide bonds. The molecule has 0 saturated carbocycles. The van der Waals surface area contributed by atoms with E-state index in [1.165, 1.54) is 19.5 Å². The topological polar surface area (TPSA) is 0 Å². The summed E-state index contributed by atoms with van der Waals surface area (Å²) in [6.45, 7) is 0. The van der Waals surface area contributed by atoms with E-state index in [-0.39, 0.29) is 0 Å². The van der Waals surface area contributed by atoms with Gasteiger partial charge in [-0.1, -0.05) is 23.2 Å². The third-order valence-electron chi connectivity index (χ3n) is 2.24. The summed E-state index contributed by atoms with van der Waals surface area (Å²) in [6.07, 6.45) is 0. The first kappa shape index (κ1) is 11.8. The van der Waals surface area contributed by atoms with Crippen LogP contribution in [-0.2, 0) is 0 Å². The summed E-state index contributed by atoms with van der Waals surface area (Å²) in [7, 11) is 0. The van der Waals surface area contributed by atoms with Crippen molar-refractivity contribution >= 4 is 57.2 Å². The molecule has 0 bridgehead atoms. The Hall–Kier alpha value is -0.320. The van der Waals surface area contributed by atoms with E-state index >= 15 is 0 Å². The molecule has 0 nitrogen and oxygen atoms in total. The molecule has 0 N–H and O–H groups in total.